The molecule has 12 nitrogen and oxygen atoms in total. The molecule has 0 spiro atoms. The summed E-state index contributed by atoms with van der Waals surface area (Å²) in [4.78, 5) is 9.15. The minimum absolute atomic E-state index is 0.658. The first-order chi connectivity index (χ1) is 14.9. The van der Waals surface area contributed by atoms with E-state index in [-0.39, 0.29) is 0 Å². The molecule has 0 aliphatic rings. The largest absolute Gasteiger partial charge is 0.517 e. The summed E-state index contributed by atoms with van der Waals surface area (Å²) in [5.74, 6) is -8.12. The van der Waals surface area contributed by atoms with Crippen molar-refractivity contribution in [1.82, 2.24) is 0 Å². The predicted molar refractivity (Wildman–Crippen MR) is 106 cm³/mol. The van der Waals surface area contributed by atoms with Gasteiger partial charge in [-0.3, -0.25) is 0 Å². The Morgan fingerprint density at radius 2 is 0.750 bits per heavy atom. The lowest BCUT2D eigenvalue weighted by atomic mass is 10.3. The van der Waals surface area contributed by atoms with Crippen LogP contribution in [0.15, 0.2) is 51.1 Å². The minimum atomic E-state index is -4.40. The van der Waals surface area contributed by atoms with Crippen LogP contribution in [-0.2, 0) is 4.18 Å². The average molecular weight is 468 g/mol. The van der Waals surface area contributed by atoms with Gasteiger partial charge in [0.15, 0.2) is 0 Å². The predicted octanol–water partition coefficient (Wildman–Crippen LogP) is 2.93. The molecule has 32 heavy (non-hydrogen) atoms. The Hall–Kier alpha value is -4.52. The van der Waals surface area contributed by atoms with Crippen molar-refractivity contribution in [2.75, 3.05) is 0 Å². The number of hydrogen-bond donors (Lipinski definition) is 10. The molecule has 0 radical (unpaired) electrons. The van der Waals surface area contributed by atoms with Gasteiger partial charge in [0.05, 0.1) is 0 Å². The third-order valence-corrected chi connectivity index (χ3v) is 7.53. The van der Waals surface area contributed by atoms with E-state index >= 15 is 0 Å². The van der Waals surface area contributed by atoms with Gasteiger partial charge in [0.1, 0.15) is 66.4 Å². The molecule has 0 aliphatic heterocycles. The van der Waals surface area contributed by atoms with Crippen molar-refractivity contribution in [1.29, 1.82) is 0 Å². The Balaban J connectivity index is 2.67. The SMILES string of the molecule is O=C(O)OS(c1c(O)cc(O)cc1O)(c1c(O)cc(O)cc1O)c1c(O)cc(O)cc1O. The van der Waals surface area contributed by atoms with Crippen LogP contribution in [0.25, 0.3) is 0 Å². The number of aromatic hydroxyl groups is 9. The van der Waals surface area contributed by atoms with E-state index in [1.807, 2.05) is 0 Å². The molecule has 0 saturated carbocycles. The molecule has 0 unspecified atom stereocenters. The average Bonchev–Trinajstić information content (AvgIpc) is 2.57. The fourth-order valence-electron chi connectivity index (χ4n) is 3.17. The summed E-state index contributed by atoms with van der Waals surface area (Å²) in [6, 6.07) is 3.95. The van der Waals surface area contributed by atoms with Crippen LogP contribution < -0.4 is 0 Å². The van der Waals surface area contributed by atoms with Gasteiger partial charge in [-0.05, 0) is 0 Å². The fourth-order valence-corrected chi connectivity index (χ4v) is 6.37. The van der Waals surface area contributed by atoms with Crippen LogP contribution in [0.1, 0.15) is 0 Å². The van der Waals surface area contributed by atoms with Gasteiger partial charge < -0.3 is 55.2 Å². The van der Waals surface area contributed by atoms with Crippen molar-refractivity contribution in [2.24, 2.45) is 0 Å². The number of carbonyl (C=O) groups is 1. The van der Waals surface area contributed by atoms with Gasteiger partial charge in [-0.1, -0.05) is 0 Å². The molecule has 0 saturated heterocycles. The molecule has 10 N–H and O–H groups in total. The maximum Gasteiger partial charge on any atom is 0.517 e. The minimum Gasteiger partial charge on any atom is -0.508 e. The number of carboxylic acid groups (broad SMARTS) is 1. The maximum atomic E-state index is 11.8. The van der Waals surface area contributed by atoms with Crippen LogP contribution >= 0.6 is 10.3 Å². The Labute approximate surface area is 179 Å². The van der Waals surface area contributed by atoms with Gasteiger partial charge in [0.25, 0.3) is 0 Å². The third kappa shape index (κ3) is 3.45. The number of hydrogen-bond acceptors (Lipinski definition) is 11. The molecule has 0 heterocycles. The normalized spacial score (nSPS) is 11.8. The number of phenolic OH excluding ortho intramolecular Hbond substituents is 9. The van der Waals surface area contributed by atoms with Crippen LogP contribution in [0.2, 0.25) is 0 Å². The van der Waals surface area contributed by atoms with Gasteiger partial charge >= 0.3 is 6.16 Å². The Bertz CT molecular complexity index is 1030. The molecule has 0 aliphatic carbocycles. The van der Waals surface area contributed by atoms with E-state index in [9.17, 15) is 55.9 Å². The van der Waals surface area contributed by atoms with Crippen LogP contribution in [0, 0.1) is 0 Å². The molecular formula is C19H16O12S. The zero-order chi connectivity index (χ0) is 24.0. The Kier molecular flexibility index (Phi) is 5.28. The first-order valence-electron chi connectivity index (χ1n) is 8.39. The van der Waals surface area contributed by atoms with Gasteiger partial charge in [-0.2, -0.15) is 0 Å². The molecule has 3 rings (SSSR count). The summed E-state index contributed by atoms with van der Waals surface area (Å²) >= 11 is 0. The first-order valence-corrected chi connectivity index (χ1v) is 9.95. The summed E-state index contributed by atoms with van der Waals surface area (Å²) in [6.07, 6.45) is -2.11. The van der Waals surface area contributed by atoms with Gasteiger partial charge in [-0.25, -0.2) is 4.79 Å². The van der Waals surface area contributed by atoms with Crippen LogP contribution in [0.5, 0.6) is 51.7 Å². The number of benzene rings is 3. The zero-order valence-electron chi connectivity index (χ0n) is 15.7. The van der Waals surface area contributed by atoms with Crippen molar-refractivity contribution in [2.45, 2.75) is 14.7 Å². The fraction of sp³-hybridized carbons (Fsp3) is 0. The smallest absolute Gasteiger partial charge is 0.508 e. The van der Waals surface area contributed by atoms with E-state index in [0.29, 0.717) is 36.4 Å². The highest BCUT2D eigenvalue weighted by Gasteiger charge is 2.48. The highest BCUT2D eigenvalue weighted by atomic mass is 32.3. The van der Waals surface area contributed by atoms with E-state index in [1.165, 1.54) is 0 Å². The van der Waals surface area contributed by atoms with Gasteiger partial charge in [0.2, 0.25) is 0 Å². The molecule has 170 valence electrons. The second-order valence-electron chi connectivity index (χ2n) is 6.34. The van der Waals surface area contributed by atoms with Crippen molar-refractivity contribution < 1.29 is 60.0 Å². The molecule has 0 fully saturated rings. The second-order valence-corrected chi connectivity index (χ2v) is 8.85. The molecule has 3 aromatic rings. The number of rotatable bonds is 4. The molecular weight excluding hydrogens is 452 g/mol. The monoisotopic (exact) mass is 468 g/mol. The number of phenols is 9. The van der Waals surface area contributed by atoms with Crippen molar-refractivity contribution >= 4 is 16.5 Å². The summed E-state index contributed by atoms with van der Waals surface area (Å²) in [6.45, 7) is 0. The Morgan fingerprint density at radius 3 is 0.938 bits per heavy atom. The molecule has 13 heteroatoms. The maximum absolute atomic E-state index is 11.8. The van der Waals surface area contributed by atoms with Crippen LogP contribution in [0.3, 0.4) is 0 Å². The third-order valence-electron chi connectivity index (χ3n) is 4.16. The lowest BCUT2D eigenvalue weighted by molar-refractivity contribution is 0.150. The van der Waals surface area contributed by atoms with Crippen molar-refractivity contribution in [3.8, 4) is 51.7 Å². The highest BCUT2D eigenvalue weighted by Crippen LogP contribution is 2.79. The van der Waals surface area contributed by atoms with Gasteiger partial charge in [0, 0.05) is 46.7 Å². The van der Waals surface area contributed by atoms with E-state index in [0.717, 1.165) is 0 Å². The molecule has 0 atom stereocenters. The van der Waals surface area contributed by atoms with Gasteiger partial charge in [-0.15, -0.1) is 0 Å². The lowest BCUT2D eigenvalue weighted by Gasteiger charge is -2.39. The van der Waals surface area contributed by atoms with E-state index in [2.05, 4.69) is 0 Å². The van der Waals surface area contributed by atoms with Crippen LogP contribution in [-0.4, -0.2) is 57.2 Å². The molecule has 0 aromatic heterocycles. The zero-order valence-corrected chi connectivity index (χ0v) is 16.5. The van der Waals surface area contributed by atoms with Crippen molar-refractivity contribution in [3.05, 3.63) is 36.4 Å². The molecule has 0 amide bonds. The summed E-state index contributed by atoms with van der Waals surface area (Å²) < 4.78 is 5.00. The standard InChI is InChI=1S/C19H16O12S/c20-7-1-10(23)16(11(24)2-7)32(31-19(29)30,17-12(25)3-8(21)4-13(17)26)18-14(27)5-9(22)6-15(18)28/h1-6,20-28H,(H,29,30). The van der Waals surface area contributed by atoms with E-state index in [1.54, 1.807) is 0 Å². The quantitative estimate of drug-likeness (QED) is 0.266. The topological polar surface area (TPSA) is 229 Å². The summed E-state index contributed by atoms with van der Waals surface area (Å²) in [7, 11) is -4.40. The van der Waals surface area contributed by atoms with E-state index in [4.69, 9.17) is 4.18 Å². The van der Waals surface area contributed by atoms with Crippen molar-refractivity contribution in [3.63, 3.8) is 0 Å². The lowest BCUT2D eigenvalue weighted by Crippen LogP contribution is -2.13. The first kappa shape index (κ1) is 22.2. The molecule has 0 bridgehead atoms. The molecule has 3 aromatic carbocycles. The second kappa shape index (κ2) is 7.63. The summed E-state index contributed by atoms with van der Waals surface area (Å²) in [5.41, 5.74) is 0. The Morgan fingerprint density at radius 1 is 0.531 bits per heavy atom. The highest BCUT2D eigenvalue weighted by molar-refractivity contribution is 8.30. The summed E-state index contributed by atoms with van der Waals surface area (Å²) in [5, 5.41) is 102. The van der Waals surface area contributed by atoms with Crippen LogP contribution in [0.4, 0.5) is 4.79 Å². The van der Waals surface area contributed by atoms with E-state index < -0.39 is 82.9 Å².